The van der Waals surface area contributed by atoms with Crippen molar-refractivity contribution in [3.8, 4) is 11.3 Å². The van der Waals surface area contributed by atoms with Crippen molar-refractivity contribution in [2.75, 3.05) is 0 Å². The minimum absolute atomic E-state index is 0.0574. The molecule has 0 saturated carbocycles. The number of aromatic nitrogens is 1. The molecule has 0 saturated heterocycles. The summed E-state index contributed by atoms with van der Waals surface area (Å²) < 4.78 is 26.0. The summed E-state index contributed by atoms with van der Waals surface area (Å²) in [5.74, 6) is -1.42. The van der Waals surface area contributed by atoms with Crippen LogP contribution in [0.3, 0.4) is 0 Å². The summed E-state index contributed by atoms with van der Waals surface area (Å²) in [5.41, 5.74) is 0.513. The number of halogens is 3. The van der Waals surface area contributed by atoms with Gasteiger partial charge in [-0.2, -0.15) is 0 Å². The van der Waals surface area contributed by atoms with Crippen LogP contribution in [-0.4, -0.2) is 4.98 Å². The minimum Gasteiger partial charge on any atom is -0.250 e. The Balaban J connectivity index is 2.60. The average molecular weight is 226 g/mol. The number of hydrogen-bond donors (Lipinski definition) is 0. The quantitative estimate of drug-likeness (QED) is 0.722. The first-order valence-electron chi connectivity index (χ1n) is 4.24. The van der Waals surface area contributed by atoms with Gasteiger partial charge in [-0.25, -0.2) is 8.78 Å². The van der Waals surface area contributed by atoms with E-state index in [2.05, 4.69) is 4.98 Å². The Morgan fingerprint density at radius 1 is 1.13 bits per heavy atom. The molecule has 0 aliphatic carbocycles. The molecule has 2 rings (SSSR count). The molecule has 0 atom stereocenters. The van der Waals surface area contributed by atoms with Crippen molar-refractivity contribution in [3.05, 3.63) is 53.2 Å². The van der Waals surface area contributed by atoms with E-state index in [9.17, 15) is 8.78 Å². The Kier molecular flexibility index (Phi) is 2.64. The predicted molar refractivity (Wildman–Crippen MR) is 54.6 cm³/mol. The van der Waals surface area contributed by atoms with Crippen LogP contribution < -0.4 is 0 Å². The Hall–Kier alpha value is -1.48. The molecule has 2 aromatic rings. The summed E-state index contributed by atoms with van der Waals surface area (Å²) in [7, 11) is 0. The Morgan fingerprint density at radius 3 is 2.53 bits per heavy atom. The second kappa shape index (κ2) is 3.95. The summed E-state index contributed by atoms with van der Waals surface area (Å²) in [6.45, 7) is 0. The minimum atomic E-state index is -0.719. The highest BCUT2D eigenvalue weighted by Gasteiger charge is 2.10. The fourth-order valence-corrected chi connectivity index (χ4v) is 1.49. The normalized spacial score (nSPS) is 10.3. The van der Waals surface area contributed by atoms with E-state index >= 15 is 0 Å². The fraction of sp³-hybridized carbons (Fsp3) is 0. The van der Waals surface area contributed by atoms with E-state index in [4.69, 9.17) is 11.6 Å². The van der Waals surface area contributed by atoms with Gasteiger partial charge in [-0.05, 0) is 6.07 Å². The summed E-state index contributed by atoms with van der Waals surface area (Å²) >= 11 is 5.87. The molecule has 0 aliphatic rings. The summed E-state index contributed by atoms with van der Waals surface area (Å²) in [6, 6.07) is 7.48. The molecule has 1 heterocycles. The van der Waals surface area contributed by atoms with Crippen LogP contribution in [0.2, 0.25) is 5.02 Å². The van der Waals surface area contributed by atoms with Gasteiger partial charge in [-0.1, -0.05) is 29.8 Å². The van der Waals surface area contributed by atoms with Crippen molar-refractivity contribution < 1.29 is 8.78 Å². The van der Waals surface area contributed by atoms with Gasteiger partial charge in [0.15, 0.2) is 5.82 Å². The zero-order valence-electron chi connectivity index (χ0n) is 7.55. The van der Waals surface area contributed by atoms with E-state index in [0.29, 0.717) is 10.6 Å². The molecular formula is C11H6ClF2N. The lowest BCUT2D eigenvalue weighted by Crippen LogP contribution is -1.91. The van der Waals surface area contributed by atoms with Gasteiger partial charge in [0.25, 0.3) is 0 Å². The molecule has 0 radical (unpaired) electrons. The van der Waals surface area contributed by atoms with E-state index in [-0.39, 0.29) is 5.69 Å². The number of pyridine rings is 1. The highest BCUT2D eigenvalue weighted by Crippen LogP contribution is 2.27. The summed E-state index contributed by atoms with van der Waals surface area (Å²) in [4.78, 5) is 3.67. The van der Waals surface area contributed by atoms with Gasteiger partial charge < -0.3 is 0 Å². The number of benzene rings is 1. The van der Waals surface area contributed by atoms with Gasteiger partial charge in [0.1, 0.15) is 11.5 Å². The maximum atomic E-state index is 13.4. The van der Waals surface area contributed by atoms with Gasteiger partial charge in [0.05, 0.1) is 11.2 Å². The number of rotatable bonds is 1. The first-order valence-corrected chi connectivity index (χ1v) is 4.62. The first kappa shape index (κ1) is 10.1. The molecule has 1 aromatic heterocycles. The van der Waals surface area contributed by atoms with Crippen molar-refractivity contribution in [1.29, 1.82) is 0 Å². The van der Waals surface area contributed by atoms with Gasteiger partial charge in [0, 0.05) is 11.6 Å². The average Bonchev–Trinajstić information content (AvgIpc) is 2.20. The zero-order valence-corrected chi connectivity index (χ0v) is 8.30. The van der Waals surface area contributed by atoms with E-state index in [1.54, 1.807) is 24.3 Å². The zero-order chi connectivity index (χ0) is 10.8. The smallest absolute Gasteiger partial charge is 0.152 e. The molecule has 0 spiro atoms. The lowest BCUT2D eigenvalue weighted by Gasteiger charge is -2.04. The summed E-state index contributed by atoms with van der Waals surface area (Å²) in [6.07, 6.45) is 0.960. The largest absolute Gasteiger partial charge is 0.250 e. The van der Waals surface area contributed by atoms with Crippen LogP contribution >= 0.6 is 11.6 Å². The van der Waals surface area contributed by atoms with Crippen LogP contribution in [0.5, 0.6) is 0 Å². The first-order chi connectivity index (χ1) is 7.18. The van der Waals surface area contributed by atoms with E-state index in [1.807, 2.05) is 0 Å². The van der Waals surface area contributed by atoms with E-state index in [0.717, 1.165) is 12.3 Å². The van der Waals surface area contributed by atoms with Gasteiger partial charge in [0.2, 0.25) is 0 Å². The molecule has 76 valence electrons. The maximum Gasteiger partial charge on any atom is 0.152 e. The predicted octanol–water partition coefficient (Wildman–Crippen LogP) is 3.68. The molecular weight excluding hydrogens is 220 g/mol. The van der Waals surface area contributed by atoms with E-state index in [1.165, 1.54) is 0 Å². The van der Waals surface area contributed by atoms with Crippen LogP contribution in [0, 0.1) is 11.6 Å². The molecule has 0 unspecified atom stereocenters. The number of hydrogen-bond acceptors (Lipinski definition) is 1. The van der Waals surface area contributed by atoms with Crippen LogP contribution in [-0.2, 0) is 0 Å². The summed E-state index contributed by atoms with van der Waals surface area (Å²) in [5, 5.41) is 0.385. The van der Waals surface area contributed by atoms with Crippen molar-refractivity contribution in [2.45, 2.75) is 0 Å². The van der Waals surface area contributed by atoms with Crippen molar-refractivity contribution in [3.63, 3.8) is 0 Å². The highest BCUT2D eigenvalue weighted by molar-refractivity contribution is 6.33. The van der Waals surface area contributed by atoms with Crippen LogP contribution in [0.25, 0.3) is 11.3 Å². The van der Waals surface area contributed by atoms with Gasteiger partial charge in [-0.3, -0.25) is 4.98 Å². The second-order valence-electron chi connectivity index (χ2n) is 2.96. The van der Waals surface area contributed by atoms with Crippen molar-refractivity contribution in [1.82, 2.24) is 4.98 Å². The Labute approximate surface area is 90.3 Å². The van der Waals surface area contributed by atoms with Gasteiger partial charge >= 0.3 is 0 Å². The molecule has 4 heteroatoms. The second-order valence-corrected chi connectivity index (χ2v) is 3.37. The Bertz CT molecular complexity index is 500. The van der Waals surface area contributed by atoms with Crippen LogP contribution in [0.15, 0.2) is 36.5 Å². The van der Waals surface area contributed by atoms with E-state index < -0.39 is 11.6 Å². The third kappa shape index (κ3) is 1.97. The topological polar surface area (TPSA) is 12.9 Å². The maximum absolute atomic E-state index is 13.4. The van der Waals surface area contributed by atoms with Crippen LogP contribution in [0.1, 0.15) is 0 Å². The van der Waals surface area contributed by atoms with Crippen molar-refractivity contribution in [2.24, 2.45) is 0 Å². The molecule has 1 aromatic carbocycles. The molecule has 0 amide bonds. The lowest BCUT2D eigenvalue weighted by atomic mass is 10.1. The third-order valence-corrected chi connectivity index (χ3v) is 2.27. The van der Waals surface area contributed by atoms with Crippen LogP contribution in [0.4, 0.5) is 8.78 Å². The SMILES string of the molecule is Fc1cnc(-c2ccccc2Cl)c(F)c1. The molecule has 1 nitrogen and oxygen atoms in total. The lowest BCUT2D eigenvalue weighted by molar-refractivity contribution is 0.576. The van der Waals surface area contributed by atoms with Gasteiger partial charge in [-0.15, -0.1) is 0 Å². The standard InChI is InChI=1S/C11H6ClF2N/c12-9-4-2-1-3-8(9)11-10(14)5-7(13)6-15-11/h1-6H. The molecule has 15 heavy (non-hydrogen) atoms. The third-order valence-electron chi connectivity index (χ3n) is 1.94. The Morgan fingerprint density at radius 2 is 1.87 bits per heavy atom. The monoisotopic (exact) mass is 225 g/mol. The molecule has 0 aliphatic heterocycles. The van der Waals surface area contributed by atoms with Crippen molar-refractivity contribution >= 4 is 11.6 Å². The highest BCUT2D eigenvalue weighted by atomic mass is 35.5. The molecule has 0 N–H and O–H groups in total. The molecule has 0 bridgehead atoms. The molecule has 0 fully saturated rings. The fourth-order valence-electron chi connectivity index (χ4n) is 1.27. The number of nitrogens with zero attached hydrogens (tertiary/aromatic N) is 1.